The summed E-state index contributed by atoms with van der Waals surface area (Å²) in [6.07, 6.45) is 3.60. The minimum Gasteiger partial charge on any atom is -0.333 e. The molecule has 1 N–H and O–H groups in total. The van der Waals surface area contributed by atoms with Gasteiger partial charge in [-0.2, -0.15) is 0 Å². The van der Waals surface area contributed by atoms with Crippen LogP contribution in [0.5, 0.6) is 0 Å². The fraction of sp³-hybridized carbons (Fsp3) is 0.111. The summed E-state index contributed by atoms with van der Waals surface area (Å²) in [4.78, 5) is 16.9. The lowest BCUT2D eigenvalue weighted by molar-refractivity contribution is 0.102. The van der Waals surface area contributed by atoms with E-state index < -0.39 is 0 Å². The van der Waals surface area contributed by atoms with Crippen molar-refractivity contribution in [3.63, 3.8) is 0 Å². The molecule has 0 saturated heterocycles. The van der Waals surface area contributed by atoms with Crippen LogP contribution in [0.3, 0.4) is 0 Å². The molecule has 1 aliphatic rings. The number of para-hydroxylation sites is 1. The number of thioether (sulfide) groups is 1. The Kier molecular flexibility index (Phi) is 3.63. The van der Waals surface area contributed by atoms with Crippen molar-refractivity contribution in [3.05, 3.63) is 72.2 Å². The fourth-order valence-corrected chi connectivity index (χ4v) is 3.87. The van der Waals surface area contributed by atoms with E-state index in [9.17, 15) is 4.79 Å². The average molecular weight is 321 g/mol. The van der Waals surface area contributed by atoms with Gasteiger partial charge in [-0.3, -0.25) is 9.78 Å². The zero-order valence-corrected chi connectivity index (χ0v) is 13.2. The van der Waals surface area contributed by atoms with Crippen LogP contribution in [0.4, 0.5) is 5.69 Å². The highest BCUT2D eigenvalue weighted by molar-refractivity contribution is 7.97. The van der Waals surface area contributed by atoms with Gasteiger partial charge in [0.1, 0.15) is 0 Å². The molecule has 0 saturated carbocycles. The molecule has 0 unspecified atom stereocenters. The molecule has 23 heavy (non-hydrogen) atoms. The van der Waals surface area contributed by atoms with Gasteiger partial charge in [-0.05, 0) is 30.3 Å². The highest BCUT2D eigenvalue weighted by atomic mass is 32.2. The lowest BCUT2D eigenvalue weighted by atomic mass is 10.1. The molecule has 3 aromatic rings. The second-order valence-corrected chi connectivity index (χ2v) is 6.31. The number of rotatable bonds is 3. The van der Waals surface area contributed by atoms with E-state index in [-0.39, 0.29) is 5.91 Å². The van der Waals surface area contributed by atoms with E-state index in [0.29, 0.717) is 0 Å². The number of anilines is 1. The van der Waals surface area contributed by atoms with Crippen LogP contribution >= 0.6 is 11.8 Å². The lowest BCUT2D eigenvalue weighted by Crippen LogP contribution is -2.12. The Morgan fingerprint density at radius 2 is 2.04 bits per heavy atom. The van der Waals surface area contributed by atoms with E-state index in [1.165, 1.54) is 0 Å². The maximum atomic E-state index is 12.7. The Balaban J connectivity index is 1.71. The average Bonchev–Trinajstić information content (AvgIpc) is 3.18. The van der Waals surface area contributed by atoms with Gasteiger partial charge in [0.2, 0.25) is 0 Å². The standard InChI is InChI=1S/C18H15N3OS/c22-18(20-14-6-2-1-3-7-14)15-9-16(13-5-4-8-19-10-13)21-12-23-11-17(15)21/h1-10H,11-12H2,(H,20,22). The SMILES string of the molecule is O=C(Nc1ccccc1)c1cc(-c2cccnc2)n2c1CSC2. The predicted octanol–water partition coefficient (Wildman–Crippen LogP) is 4.01. The van der Waals surface area contributed by atoms with Crippen LogP contribution in [0.15, 0.2) is 60.9 Å². The summed E-state index contributed by atoms with van der Waals surface area (Å²) >= 11 is 1.82. The number of hydrogen-bond acceptors (Lipinski definition) is 3. The molecule has 1 amide bonds. The first-order valence-electron chi connectivity index (χ1n) is 7.40. The molecule has 114 valence electrons. The molecule has 3 heterocycles. The largest absolute Gasteiger partial charge is 0.333 e. The molecule has 0 atom stereocenters. The Morgan fingerprint density at radius 1 is 1.17 bits per heavy atom. The summed E-state index contributed by atoms with van der Waals surface area (Å²) in [5.41, 5.74) is 4.73. The monoisotopic (exact) mass is 321 g/mol. The molecule has 0 bridgehead atoms. The number of hydrogen-bond donors (Lipinski definition) is 1. The summed E-state index contributed by atoms with van der Waals surface area (Å²) in [5.74, 6) is 1.67. The van der Waals surface area contributed by atoms with E-state index in [1.807, 2.05) is 66.5 Å². The minimum absolute atomic E-state index is 0.0578. The molecule has 0 aliphatic carbocycles. The lowest BCUT2D eigenvalue weighted by Gasteiger charge is -2.05. The van der Waals surface area contributed by atoms with E-state index in [4.69, 9.17) is 0 Å². The zero-order chi connectivity index (χ0) is 15.6. The minimum atomic E-state index is -0.0578. The molecule has 4 nitrogen and oxygen atoms in total. The summed E-state index contributed by atoms with van der Waals surface area (Å²) in [6.45, 7) is 0. The number of amides is 1. The molecule has 0 spiro atoms. The van der Waals surface area contributed by atoms with Crippen LogP contribution in [0.2, 0.25) is 0 Å². The smallest absolute Gasteiger partial charge is 0.257 e. The number of aromatic nitrogens is 2. The molecule has 5 heteroatoms. The van der Waals surface area contributed by atoms with Crippen molar-refractivity contribution < 1.29 is 4.79 Å². The van der Waals surface area contributed by atoms with Crippen molar-refractivity contribution in [1.82, 2.24) is 9.55 Å². The van der Waals surface area contributed by atoms with Gasteiger partial charge in [-0.15, -0.1) is 11.8 Å². The van der Waals surface area contributed by atoms with Crippen LogP contribution in [0, 0.1) is 0 Å². The maximum absolute atomic E-state index is 12.7. The number of carbonyl (C=O) groups is 1. The van der Waals surface area contributed by atoms with Crippen molar-refractivity contribution in [2.24, 2.45) is 0 Å². The number of fused-ring (bicyclic) bond motifs is 1. The van der Waals surface area contributed by atoms with Crippen LogP contribution < -0.4 is 5.32 Å². The van der Waals surface area contributed by atoms with Gasteiger partial charge in [-0.25, -0.2) is 0 Å². The fourth-order valence-electron chi connectivity index (χ4n) is 2.80. The van der Waals surface area contributed by atoms with Crippen molar-refractivity contribution >= 4 is 23.4 Å². The van der Waals surface area contributed by atoms with E-state index >= 15 is 0 Å². The third-order valence-corrected chi connectivity index (χ3v) is 4.82. The first kappa shape index (κ1) is 14.1. The van der Waals surface area contributed by atoms with Gasteiger partial charge in [0.15, 0.2) is 0 Å². The van der Waals surface area contributed by atoms with E-state index in [2.05, 4.69) is 14.9 Å². The summed E-state index contributed by atoms with van der Waals surface area (Å²) in [5, 5.41) is 2.98. The van der Waals surface area contributed by atoms with E-state index in [1.54, 1.807) is 6.20 Å². The van der Waals surface area contributed by atoms with Gasteiger partial charge in [0, 0.05) is 35.1 Å². The molecule has 0 radical (unpaired) electrons. The second-order valence-electron chi connectivity index (χ2n) is 5.36. The van der Waals surface area contributed by atoms with Crippen molar-refractivity contribution in [2.75, 3.05) is 5.32 Å². The number of carbonyl (C=O) groups excluding carboxylic acids is 1. The number of nitrogens with one attached hydrogen (secondary N) is 1. The zero-order valence-electron chi connectivity index (χ0n) is 12.4. The van der Waals surface area contributed by atoms with Crippen molar-refractivity contribution in [3.8, 4) is 11.3 Å². The third kappa shape index (κ3) is 2.64. The maximum Gasteiger partial charge on any atom is 0.257 e. The Hall–Kier alpha value is -2.53. The Bertz CT molecular complexity index is 843. The van der Waals surface area contributed by atoms with Gasteiger partial charge in [0.05, 0.1) is 17.1 Å². The van der Waals surface area contributed by atoms with E-state index in [0.717, 1.165) is 39.8 Å². The summed E-state index contributed by atoms with van der Waals surface area (Å²) in [6, 6.07) is 15.5. The van der Waals surface area contributed by atoms with Crippen LogP contribution in [-0.2, 0) is 11.6 Å². The van der Waals surface area contributed by atoms with Gasteiger partial charge >= 0.3 is 0 Å². The predicted molar refractivity (Wildman–Crippen MR) is 93.4 cm³/mol. The Morgan fingerprint density at radius 3 is 2.83 bits per heavy atom. The van der Waals surface area contributed by atoms with Crippen molar-refractivity contribution in [2.45, 2.75) is 11.6 Å². The third-order valence-electron chi connectivity index (χ3n) is 3.90. The second kappa shape index (κ2) is 5.93. The highest BCUT2D eigenvalue weighted by Crippen LogP contribution is 2.35. The molecular weight excluding hydrogens is 306 g/mol. The van der Waals surface area contributed by atoms with Gasteiger partial charge in [0.25, 0.3) is 5.91 Å². The molecule has 2 aromatic heterocycles. The molecule has 0 fully saturated rings. The highest BCUT2D eigenvalue weighted by Gasteiger charge is 2.24. The number of nitrogens with zero attached hydrogens (tertiary/aromatic N) is 2. The van der Waals surface area contributed by atoms with Gasteiger partial charge in [-0.1, -0.05) is 18.2 Å². The summed E-state index contributed by atoms with van der Waals surface area (Å²) in [7, 11) is 0. The van der Waals surface area contributed by atoms with Crippen molar-refractivity contribution in [1.29, 1.82) is 0 Å². The van der Waals surface area contributed by atoms with Gasteiger partial charge < -0.3 is 9.88 Å². The summed E-state index contributed by atoms with van der Waals surface area (Å²) < 4.78 is 2.21. The molecule has 1 aliphatic heterocycles. The first-order valence-corrected chi connectivity index (χ1v) is 8.55. The number of benzene rings is 1. The van der Waals surface area contributed by atoms with Crippen LogP contribution in [0.25, 0.3) is 11.3 Å². The first-order chi connectivity index (χ1) is 11.3. The van der Waals surface area contributed by atoms with Crippen LogP contribution in [-0.4, -0.2) is 15.5 Å². The van der Waals surface area contributed by atoms with Crippen LogP contribution in [0.1, 0.15) is 16.1 Å². The Labute approximate surface area is 138 Å². The molecule has 4 rings (SSSR count). The topological polar surface area (TPSA) is 46.9 Å². The quantitative estimate of drug-likeness (QED) is 0.793. The molecule has 1 aromatic carbocycles. The molecular formula is C18H15N3OS. The number of pyridine rings is 1. The normalized spacial score (nSPS) is 12.9.